The first-order valence-electron chi connectivity index (χ1n) is 6.25. The summed E-state index contributed by atoms with van der Waals surface area (Å²) in [5.74, 6) is -0.442. The topological polar surface area (TPSA) is 36.3 Å². The van der Waals surface area contributed by atoms with Gasteiger partial charge in [0.15, 0.2) is 0 Å². The van der Waals surface area contributed by atoms with Gasteiger partial charge in [-0.3, -0.25) is 0 Å². The van der Waals surface area contributed by atoms with Crippen molar-refractivity contribution < 1.29 is 9.13 Å². The smallest absolute Gasteiger partial charge is 0.141 e. The van der Waals surface area contributed by atoms with Gasteiger partial charge in [0.1, 0.15) is 11.9 Å². The van der Waals surface area contributed by atoms with Gasteiger partial charge in [-0.2, -0.15) is 5.26 Å². The third-order valence-corrected chi connectivity index (χ3v) is 4.04. The van der Waals surface area contributed by atoms with Gasteiger partial charge >= 0.3 is 0 Å². The van der Waals surface area contributed by atoms with Crippen molar-refractivity contribution in [2.75, 3.05) is 31.2 Å². The van der Waals surface area contributed by atoms with Crippen molar-refractivity contribution in [2.24, 2.45) is 5.41 Å². The Morgan fingerprint density at radius 3 is 2.67 bits per heavy atom. The molecule has 94 valence electrons. The highest BCUT2D eigenvalue weighted by atomic mass is 19.1. The summed E-state index contributed by atoms with van der Waals surface area (Å²) in [6.45, 7) is 3.68. The van der Waals surface area contributed by atoms with Crippen LogP contribution in [0, 0.1) is 22.6 Å². The number of halogens is 1. The monoisotopic (exact) mass is 246 g/mol. The molecule has 3 rings (SSSR count). The van der Waals surface area contributed by atoms with E-state index in [9.17, 15) is 4.39 Å². The van der Waals surface area contributed by atoms with Gasteiger partial charge in [-0.25, -0.2) is 4.39 Å². The van der Waals surface area contributed by atoms with Crippen LogP contribution >= 0.6 is 0 Å². The van der Waals surface area contributed by atoms with Crippen molar-refractivity contribution in [2.45, 2.75) is 12.8 Å². The van der Waals surface area contributed by atoms with Crippen molar-refractivity contribution in [3.63, 3.8) is 0 Å². The minimum Gasteiger partial charge on any atom is -0.381 e. The Hall–Kier alpha value is -1.60. The highest BCUT2D eigenvalue weighted by Gasteiger charge is 2.43. The van der Waals surface area contributed by atoms with Crippen molar-refractivity contribution >= 4 is 5.69 Å². The molecule has 3 nitrogen and oxygen atoms in total. The summed E-state index contributed by atoms with van der Waals surface area (Å²) < 4.78 is 18.6. The van der Waals surface area contributed by atoms with Crippen LogP contribution < -0.4 is 4.90 Å². The predicted molar refractivity (Wildman–Crippen MR) is 65.8 cm³/mol. The molecular weight excluding hydrogens is 231 g/mol. The highest BCUT2D eigenvalue weighted by Crippen LogP contribution is 2.42. The number of hydrogen-bond donors (Lipinski definition) is 0. The quantitative estimate of drug-likeness (QED) is 0.763. The lowest BCUT2D eigenvalue weighted by molar-refractivity contribution is -0.000194. The fraction of sp³-hybridized carbons (Fsp3) is 0.500. The minimum absolute atomic E-state index is 0.125. The maximum atomic E-state index is 13.2. The average Bonchev–Trinajstić information content (AvgIpc) is 2.37. The zero-order valence-electron chi connectivity index (χ0n) is 10.2. The molecule has 2 aliphatic heterocycles. The second-order valence-electron chi connectivity index (χ2n) is 5.24. The Kier molecular flexibility index (Phi) is 2.71. The van der Waals surface area contributed by atoms with Crippen LogP contribution in [0.4, 0.5) is 10.1 Å². The minimum atomic E-state index is -0.442. The molecule has 0 radical (unpaired) electrons. The average molecular weight is 246 g/mol. The van der Waals surface area contributed by atoms with E-state index in [4.69, 9.17) is 10.00 Å². The molecule has 1 aromatic rings. The molecule has 1 aromatic carbocycles. The molecular formula is C14H15FN2O. The molecule has 0 N–H and O–H groups in total. The lowest BCUT2D eigenvalue weighted by atomic mass is 9.73. The van der Waals surface area contributed by atoms with E-state index in [-0.39, 0.29) is 5.56 Å². The van der Waals surface area contributed by atoms with Crippen LogP contribution in [0.1, 0.15) is 18.4 Å². The Labute approximate surface area is 106 Å². The van der Waals surface area contributed by atoms with Gasteiger partial charge in [0, 0.05) is 37.4 Å². The number of benzene rings is 1. The number of hydrogen-bond acceptors (Lipinski definition) is 3. The Morgan fingerprint density at radius 2 is 2.00 bits per heavy atom. The van der Waals surface area contributed by atoms with Gasteiger partial charge in [-0.15, -0.1) is 0 Å². The van der Waals surface area contributed by atoms with Gasteiger partial charge in [0.05, 0.1) is 5.56 Å². The summed E-state index contributed by atoms with van der Waals surface area (Å²) in [5.41, 5.74) is 1.46. The van der Waals surface area contributed by atoms with Crippen molar-refractivity contribution in [1.29, 1.82) is 5.26 Å². The van der Waals surface area contributed by atoms with E-state index in [1.807, 2.05) is 6.07 Å². The highest BCUT2D eigenvalue weighted by molar-refractivity contribution is 5.54. The zero-order valence-corrected chi connectivity index (χ0v) is 10.2. The lowest BCUT2D eigenvalue weighted by Crippen LogP contribution is -2.58. The summed E-state index contributed by atoms with van der Waals surface area (Å²) in [6, 6.07) is 6.66. The number of anilines is 1. The Bertz CT molecular complexity index is 495. The maximum Gasteiger partial charge on any atom is 0.141 e. The summed E-state index contributed by atoms with van der Waals surface area (Å²) >= 11 is 0. The molecule has 2 saturated heterocycles. The van der Waals surface area contributed by atoms with Crippen molar-refractivity contribution in [1.82, 2.24) is 0 Å². The number of rotatable bonds is 1. The van der Waals surface area contributed by atoms with Crippen LogP contribution in [0.5, 0.6) is 0 Å². The first-order chi connectivity index (χ1) is 8.72. The molecule has 2 fully saturated rings. The molecule has 1 spiro atoms. The molecule has 0 atom stereocenters. The van der Waals surface area contributed by atoms with Crippen LogP contribution in [0.3, 0.4) is 0 Å². The van der Waals surface area contributed by atoms with E-state index >= 15 is 0 Å². The van der Waals surface area contributed by atoms with Gasteiger partial charge in [0.2, 0.25) is 0 Å². The molecule has 0 bridgehead atoms. The summed E-state index contributed by atoms with van der Waals surface area (Å²) in [5, 5.41) is 8.83. The van der Waals surface area contributed by atoms with E-state index in [0.717, 1.165) is 44.8 Å². The van der Waals surface area contributed by atoms with Gasteiger partial charge in [-0.1, -0.05) is 0 Å². The summed E-state index contributed by atoms with van der Waals surface area (Å²) in [4.78, 5) is 2.21. The molecule has 4 heteroatoms. The molecule has 0 aromatic heterocycles. The van der Waals surface area contributed by atoms with E-state index in [0.29, 0.717) is 5.41 Å². The molecule has 18 heavy (non-hydrogen) atoms. The summed E-state index contributed by atoms with van der Waals surface area (Å²) in [7, 11) is 0. The zero-order chi connectivity index (χ0) is 12.6. The normalized spacial score (nSPS) is 21.4. The van der Waals surface area contributed by atoms with Gasteiger partial charge < -0.3 is 9.64 Å². The fourth-order valence-electron chi connectivity index (χ4n) is 2.86. The number of nitrogens with zero attached hydrogens (tertiary/aromatic N) is 2. The van der Waals surface area contributed by atoms with E-state index in [2.05, 4.69) is 4.90 Å². The maximum absolute atomic E-state index is 13.2. The van der Waals surface area contributed by atoms with Crippen LogP contribution in [0.25, 0.3) is 0 Å². The van der Waals surface area contributed by atoms with Crippen LogP contribution in [0.2, 0.25) is 0 Å². The van der Waals surface area contributed by atoms with Crippen LogP contribution in [-0.2, 0) is 4.74 Å². The first kappa shape index (κ1) is 11.5. The third-order valence-electron chi connectivity index (χ3n) is 4.04. The van der Waals surface area contributed by atoms with Crippen LogP contribution in [-0.4, -0.2) is 26.3 Å². The predicted octanol–water partition coefficient (Wildman–Crippen LogP) is 2.31. The lowest BCUT2D eigenvalue weighted by Gasteiger charge is -2.53. The number of nitriles is 1. The second kappa shape index (κ2) is 4.25. The fourth-order valence-corrected chi connectivity index (χ4v) is 2.86. The standard InChI is InChI=1S/C14H15FN2O/c15-13-2-1-12(7-11(13)8-16)17-9-14(10-17)3-5-18-6-4-14/h1-2,7H,3-6,9-10H2. The first-order valence-corrected chi connectivity index (χ1v) is 6.25. The molecule has 0 aliphatic carbocycles. The molecule has 0 saturated carbocycles. The third kappa shape index (κ3) is 1.85. The Balaban J connectivity index is 1.73. The largest absolute Gasteiger partial charge is 0.381 e. The molecule has 0 amide bonds. The molecule has 2 aliphatic rings. The molecule has 2 heterocycles. The van der Waals surface area contributed by atoms with Gasteiger partial charge in [0.25, 0.3) is 0 Å². The van der Waals surface area contributed by atoms with E-state index in [1.54, 1.807) is 12.1 Å². The van der Waals surface area contributed by atoms with Gasteiger partial charge in [-0.05, 0) is 31.0 Å². The second-order valence-corrected chi connectivity index (χ2v) is 5.24. The van der Waals surface area contributed by atoms with Crippen molar-refractivity contribution in [3.05, 3.63) is 29.6 Å². The number of ether oxygens (including phenoxy) is 1. The Morgan fingerprint density at radius 1 is 1.28 bits per heavy atom. The molecule has 0 unspecified atom stereocenters. The van der Waals surface area contributed by atoms with Crippen molar-refractivity contribution in [3.8, 4) is 6.07 Å². The summed E-state index contributed by atoms with van der Waals surface area (Å²) in [6.07, 6.45) is 2.21. The van der Waals surface area contributed by atoms with Crippen LogP contribution in [0.15, 0.2) is 18.2 Å². The van der Waals surface area contributed by atoms with E-state index in [1.165, 1.54) is 6.07 Å². The van der Waals surface area contributed by atoms with E-state index < -0.39 is 5.82 Å². The SMILES string of the molecule is N#Cc1cc(N2CC3(CCOCC3)C2)ccc1F.